The van der Waals surface area contributed by atoms with Crippen LogP contribution in [0, 0.1) is 6.92 Å². The molecule has 1 amide bonds. The Morgan fingerprint density at radius 1 is 1.17 bits per heavy atom. The molecule has 1 unspecified atom stereocenters. The molecule has 1 N–H and O–H groups in total. The van der Waals surface area contributed by atoms with Crippen molar-refractivity contribution in [1.29, 1.82) is 0 Å². The van der Waals surface area contributed by atoms with E-state index in [-0.39, 0.29) is 11.7 Å². The van der Waals surface area contributed by atoms with Crippen molar-refractivity contribution in [2.24, 2.45) is 0 Å². The van der Waals surface area contributed by atoms with Gasteiger partial charge in [0.05, 0.1) is 17.4 Å². The van der Waals surface area contributed by atoms with Crippen molar-refractivity contribution in [1.82, 2.24) is 5.32 Å². The maximum absolute atomic E-state index is 12.3. The van der Waals surface area contributed by atoms with E-state index in [1.165, 1.54) is 0 Å². The largest absolute Gasteiger partial charge is 0.494 e. The van der Waals surface area contributed by atoms with E-state index in [1.54, 1.807) is 6.07 Å². The summed E-state index contributed by atoms with van der Waals surface area (Å²) in [6, 6.07) is 15.0. The highest BCUT2D eigenvalue weighted by Gasteiger charge is 2.11. The van der Waals surface area contributed by atoms with Crippen LogP contribution < -0.4 is 10.1 Å². The molecule has 2 aromatic rings. The summed E-state index contributed by atoms with van der Waals surface area (Å²) < 4.78 is 17.7. The molecule has 0 aliphatic carbocycles. The number of benzene rings is 2. The topological polar surface area (TPSA) is 55.4 Å². The third kappa shape index (κ3) is 5.21. The number of hydrogen-bond donors (Lipinski definition) is 1. The molecule has 0 spiro atoms. The first-order valence-corrected chi connectivity index (χ1v) is 8.84. The number of nitrogens with one attached hydrogen (secondary N) is 1. The van der Waals surface area contributed by atoms with Gasteiger partial charge in [-0.15, -0.1) is 0 Å². The lowest BCUT2D eigenvalue weighted by Crippen LogP contribution is -2.28. The van der Waals surface area contributed by atoms with E-state index in [0.29, 0.717) is 18.0 Å². The summed E-state index contributed by atoms with van der Waals surface area (Å²) in [6.45, 7) is 4.82. The zero-order chi connectivity index (χ0) is 16.7. The quantitative estimate of drug-likeness (QED) is 0.849. The summed E-state index contributed by atoms with van der Waals surface area (Å²) in [5.41, 5.74) is 1.88. The van der Waals surface area contributed by atoms with Crippen LogP contribution in [0.15, 0.2) is 53.4 Å². The molecule has 0 heterocycles. The second-order valence-electron chi connectivity index (χ2n) is 5.11. The summed E-state index contributed by atoms with van der Waals surface area (Å²) in [6.07, 6.45) is 0. The van der Waals surface area contributed by atoms with E-state index in [4.69, 9.17) is 4.74 Å². The van der Waals surface area contributed by atoms with Gasteiger partial charge in [-0.3, -0.25) is 9.00 Å². The standard InChI is InChI=1S/C18H21NO3S/c1-3-22-16-9-6-8-15(11-16)12-19-18(20)13-23(21)17-10-5-4-7-14(17)2/h4-11H,3,12-13H2,1-2H3,(H,19,20). The first kappa shape index (κ1) is 17.2. The van der Waals surface area contributed by atoms with Crippen molar-refractivity contribution in [3.05, 3.63) is 59.7 Å². The third-order valence-corrected chi connectivity index (χ3v) is 4.77. The highest BCUT2D eigenvalue weighted by molar-refractivity contribution is 7.85. The van der Waals surface area contributed by atoms with Crippen LogP contribution in [0.1, 0.15) is 18.1 Å². The molecule has 0 radical (unpaired) electrons. The van der Waals surface area contributed by atoms with E-state index < -0.39 is 10.8 Å². The molecule has 122 valence electrons. The Labute approximate surface area is 139 Å². The normalized spacial score (nSPS) is 11.7. The van der Waals surface area contributed by atoms with Gasteiger partial charge < -0.3 is 10.1 Å². The van der Waals surface area contributed by atoms with Gasteiger partial charge in [0.25, 0.3) is 0 Å². The van der Waals surface area contributed by atoms with E-state index in [0.717, 1.165) is 16.9 Å². The molecule has 0 aliphatic rings. The van der Waals surface area contributed by atoms with Gasteiger partial charge in [0.1, 0.15) is 11.5 Å². The molecule has 0 saturated heterocycles. The first-order chi connectivity index (χ1) is 11.1. The minimum absolute atomic E-state index is 0.0317. The van der Waals surface area contributed by atoms with Crippen molar-refractivity contribution in [3.8, 4) is 5.75 Å². The van der Waals surface area contributed by atoms with Gasteiger partial charge in [-0.2, -0.15) is 0 Å². The highest BCUT2D eigenvalue weighted by Crippen LogP contribution is 2.14. The molecule has 1 atom stereocenters. The summed E-state index contributed by atoms with van der Waals surface area (Å²) >= 11 is 0. The maximum Gasteiger partial charge on any atom is 0.233 e. The number of amides is 1. The molecule has 23 heavy (non-hydrogen) atoms. The van der Waals surface area contributed by atoms with Gasteiger partial charge in [-0.05, 0) is 43.2 Å². The Bertz CT molecular complexity index is 700. The predicted octanol–water partition coefficient (Wildman–Crippen LogP) is 2.82. The SMILES string of the molecule is CCOc1cccc(CNC(=O)CS(=O)c2ccccc2C)c1. The van der Waals surface area contributed by atoms with Crippen LogP contribution in [0.3, 0.4) is 0 Å². The summed E-state index contributed by atoms with van der Waals surface area (Å²) in [5, 5.41) is 2.80. The average Bonchev–Trinajstić information content (AvgIpc) is 2.54. The molecule has 0 fully saturated rings. The van der Waals surface area contributed by atoms with Crippen molar-refractivity contribution >= 4 is 16.7 Å². The Balaban J connectivity index is 1.89. The predicted molar refractivity (Wildman–Crippen MR) is 91.9 cm³/mol. The van der Waals surface area contributed by atoms with Crippen LogP contribution in [0.4, 0.5) is 0 Å². The fraction of sp³-hybridized carbons (Fsp3) is 0.278. The molecule has 4 nitrogen and oxygen atoms in total. The summed E-state index contributed by atoms with van der Waals surface area (Å²) in [7, 11) is -1.33. The van der Waals surface area contributed by atoms with Crippen LogP contribution in [0.25, 0.3) is 0 Å². The van der Waals surface area contributed by atoms with Crippen LogP contribution in [0.5, 0.6) is 5.75 Å². The molecular weight excluding hydrogens is 310 g/mol. The monoisotopic (exact) mass is 331 g/mol. The molecule has 5 heteroatoms. The fourth-order valence-corrected chi connectivity index (χ4v) is 3.33. The number of ether oxygens (including phenoxy) is 1. The van der Waals surface area contributed by atoms with Gasteiger partial charge in [-0.1, -0.05) is 30.3 Å². The Kier molecular flexibility index (Phi) is 6.35. The van der Waals surface area contributed by atoms with Gasteiger partial charge in [0.2, 0.25) is 5.91 Å². The third-order valence-electron chi connectivity index (χ3n) is 3.30. The molecule has 0 aromatic heterocycles. The highest BCUT2D eigenvalue weighted by atomic mass is 32.2. The van der Waals surface area contributed by atoms with Crippen molar-refractivity contribution < 1.29 is 13.7 Å². The van der Waals surface area contributed by atoms with Crippen molar-refractivity contribution in [2.75, 3.05) is 12.4 Å². The smallest absolute Gasteiger partial charge is 0.233 e. The number of carbonyl (C=O) groups excluding carboxylic acids is 1. The Morgan fingerprint density at radius 3 is 2.70 bits per heavy atom. The van der Waals surface area contributed by atoms with Crippen molar-refractivity contribution in [2.45, 2.75) is 25.3 Å². The molecular formula is C18H21NO3S. The molecule has 2 aromatic carbocycles. The maximum atomic E-state index is 12.3. The van der Waals surface area contributed by atoms with Gasteiger partial charge >= 0.3 is 0 Å². The van der Waals surface area contributed by atoms with Crippen LogP contribution in [-0.2, 0) is 22.1 Å². The molecule has 2 rings (SSSR count). The summed E-state index contributed by atoms with van der Waals surface area (Å²) in [5.74, 6) is 0.520. The van der Waals surface area contributed by atoms with Crippen LogP contribution in [0.2, 0.25) is 0 Å². The van der Waals surface area contributed by atoms with Gasteiger partial charge in [0, 0.05) is 11.4 Å². The van der Waals surface area contributed by atoms with E-state index >= 15 is 0 Å². The lowest BCUT2D eigenvalue weighted by Gasteiger charge is -2.09. The zero-order valence-electron chi connectivity index (χ0n) is 13.4. The second-order valence-corrected chi connectivity index (χ2v) is 6.53. The van der Waals surface area contributed by atoms with E-state index in [9.17, 15) is 9.00 Å². The Morgan fingerprint density at radius 2 is 1.96 bits per heavy atom. The minimum atomic E-state index is -1.33. The number of aryl methyl sites for hydroxylation is 1. The van der Waals surface area contributed by atoms with E-state index in [2.05, 4.69) is 5.32 Å². The average molecular weight is 331 g/mol. The molecule has 0 saturated carbocycles. The second kappa shape index (κ2) is 8.48. The van der Waals surface area contributed by atoms with Crippen LogP contribution >= 0.6 is 0 Å². The number of hydrogen-bond acceptors (Lipinski definition) is 3. The first-order valence-electron chi connectivity index (χ1n) is 7.52. The lowest BCUT2D eigenvalue weighted by molar-refractivity contribution is -0.118. The van der Waals surface area contributed by atoms with Gasteiger partial charge in [0.15, 0.2) is 0 Å². The zero-order valence-corrected chi connectivity index (χ0v) is 14.2. The number of carbonyl (C=O) groups is 1. The minimum Gasteiger partial charge on any atom is -0.494 e. The van der Waals surface area contributed by atoms with E-state index in [1.807, 2.05) is 56.3 Å². The summed E-state index contributed by atoms with van der Waals surface area (Å²) in [4.78, 5) is 12.7. The Hall–Kier alpha value is -2.14. The van der Waals surface area contributed by atoms with Crippen LogP contribution in [-0.4, -0.2) is 22.5 Å². The molecule has 0 aliphatic heterocycles. The lowest BCUT2D eigenvalue weighted by atomic mass is 10.2. The van der Waals surface area contributed by atoms with Gasteiger partial charge in [-0.25, -0.2) is 0 Å². The molecule has 0 bridgehead atoms. The fourth-order valence-electron chi connectivity index (χ4n) is 2.17. The van der Waals surface area contributed by atoms with Crippen molar-refractivity contribution in [3.63, 3.8) is 0 Å². The number of rotatable bonds is 7.